The van der Waals surface area contributed by atoms with Gasteiger partial charge in [0.05, 0.1) is 17.7 Å². The van der Waals surface area contributed by atoms with Crippen LogP contribution in [0.15, 0.2) is 22.7 Å². The normalized spacial score (nSPS) is 16.9. The summed E-state index contributed by atoms with van der Waals surface area (Å²) in [4.78, 5) is 11.7. The number of nitrogens with one attached hydrogen (secondary N) is 2. The highest BCUT2D eigenvalue weighted by Crippen LogP contribution is 2.22. The Balaban J connectivity index is 1.76. The minimum atomic E-state index is -0.619. The van der Waals surface area contributed by atoms with Gasteiger partial charge < -0.3 is 20.1 Å². The molecule has 1 fully saturated rings. The van der Waals surface area contributed by atoms with Crippen molar-refractivity contribution in [2.24, 2.45) is 0 Å². The largest absolute Gasteiger partial charge is 0.348 e. The van der Waals surface area contributed by atoms with Crippen molar-refractivity contribution in [1.29, 1.82) is 0 Å². The molecular formula is C13H16BrFN2O3. The van der Waals surface area contributed by atoms with E-state index in [1.54, 1.807) is 0 Å². The number of hydrogen-bond acceptors (Lipinski definition) is 3. The first-order valence-electron chi connectivity index (χ1n) is 6.26. The summed E-state index contributed by atoms with van der Waals surface area (Å²) in [6.45, 7) is 3.42. The van der Waals surface area contributed by atoms with Crippen LogP contribution < -0.4 is 10.6 Å². The zero-order valence-corrected chi connectivity index (χ0v) is 12.6. The average molecular weight is 347 g/mol. The molecule has 0 spiro atoms. The van der Waals surface area contributed by atoms with Crippen LogP contribution in [0.3, 0.4) is 0 Å². The van der Waals surface area contributed by atoms with E-state index < -0.39 is 5.79 Å². The molecule has 2 rings (SSSR count). The summed E-state index contributed by atoms with van der Waals surface area (Å²) in [6, 6.07) is 3.91. The first-order chi connectivity index (χ1) is 9.48. The zero-order valence-electron chi connectivity index (χ0n) is 11.0. The molecule has 110 valence electrons. The molecule has 2 amide bonds. The molecule has 0 aliphatic carbocycles. The first-order valence-corrected chi connectivity index (χ1v) is 7.06. The Hall–Kier alpha value is -1.18. The van der Waals surface area contributed by atoms with Gasteiger partial charge in [-0.1, -0.05) is 0 Å². The average Bonchev–Trinajstić information content (AvgIpc) is 2.81. The molecule has 0 atom stereocenters. The summed E-state index contributed by atoms with van der Waals surface area (Å²) in [5.41, 5.74) is 0.510. The van der Waals surface area contributed by atoms with E-state index in [0.717, 1.165) is 0 Å². The number of halogens is 2. The lowest BCUT2D eigenvalue weighted by atomic mass is 10.2. The van der Waals surface area contributed by atoms with Gasteiger partial charge in [0.15, 0.2) is 5.79 Å². The number of anilines is 1. The van der Waals surface area contributed by atoms with E-state index in [1.165, 1.54) is 18.2 Å². The van der Waals surface area contributed by atoms with Crippen molar-refractivity contribution in [3.63, 3.8) is 0 Å². The Kier molecular flexibility index (Phi) is 4.95. The van der Waals surface area contributed by atoms with Crippen LogP contribution in [-0.2, 0) is 9.47 Å². The summed E-state index contributed by atoms with van der Waals surface area (Å²) in [6.07, 6.45) is 0.563. The Morgan fingerprint density at radius 1 is 1.45 bits per heavy atom. The molecule has 20 heavy (non-hydrogen) atoms. The zero-order chi connectivity index (χ0) is 14.6. The maximum Gasteiger partial charge on any atom is 0.319 e. The molecule has 1 aliphatic heterocycles. The van der Waals surface area contributed by atoms with Crippen molar-refractivity contribution in [1.82, 2.24) is 5.32 Å². The fourth-order valence-electron chi connectivity index (χ4n) is 1.85. The highest BCUT2D eigenvalue weighted by atomic mass is 79.9. The van der Waals surface area contributed by atoms with Gasteiger partial charge in [-0.2, -0.15) is 0 Å². The van der Waals surface area contributed by atoms with Gasteiger partial charge in [-0.25, -0.2) is 9.18 Å². The lowest BCUT2D eigenvalue weighted by Crippen LogP contribution is -2.35. The molecule has 1 aromatic rings. The van der Waals surface area contributed by atoms with Crippen LogP contribution >= 0.6 is 15.9 Å². The fourth-order valence-corrected chi connectivity index (χ4v) is 2.23. The van der Waals surface area contributed by atoms with E-state index in [0.29, 0.717) is 36.3 Å². The monoisotopic (exact) mass is 346 g/mol. The second-order valence-electron chi connectivity index (χ2n) is 4.59. The van der Waals surface area contributed by atoms with Gasteiger partial charge in [-0.15, -0.1) is 0 Å². The van der Waals surface area contributed by atoms with Crippen molar-refractivity contribution in [2.75, 3.05) is 25.1 Å². The summed E-state index contributed by atoms with van der Waals surface area (Å²) in [7, 11) is 0. The summed E-state index contributed by atoms with van der Waals surface area (Å²) >= 11 is 3.06. The Bertz CT molecular complexity index is 493. The molecule has 5 nitrogen and oxygen atoms in total. The predicted molar refractivity (Wildman–Crippen MR) is 76.0 cm³/mol. The van der Waals surface area contributed by atoms with Crippen molar-refractivity contribution in [2.45, 2.75) is 19.1 Å². The molecule has 0 aromatic heterocycles. The highest BCUT2D eigenvalue weighted by molar-refractivity contribution is 9.10. The number of ether oxygens (including phenoxy) is 2. The van der Waals surface area contributed by atoms with Crippen LogP contribution in [-0.4, -0.2) is 31.6 Å². The third-order valence-corrected chi connectivity index (χ3v) is 3.55. The summed E-state index contributed by atoms with van der Waals surface area (Å²) in [5.74, 6) is -0.994. The lowest BCUT2D eigenvalue weighted by Gasteiger charge is -2.22. The van der Waals surface area contributed by atoms with Crippen LogP contribution in [0.25, 0.3) is 0 Å². The van der Waals surface area contributed by atoms with E-state index in [-0.39, 0.29) is 11.8 Å². The molecule has 0 radical (unpaired) electrons. The third kappa shape index (κ3) is 4.16. The van der Waals surface area contributed by atoms with Gasteiger partial charge >= 0.3 is 6.03 Å². The third-order valence-electron chi connectivity index (χ3n) is 2.94. The number of hydrogen-bond donors (Lipinski definition) is 2. The minimum absolute atomic E-state index is 0.301. The van der Waals surface area contributed by atoms with Gasteiger partial charge in [0.1, 0.15) is 5.82 Å². The summed E-state index contributed by atoms with van der Waals surface area (Å²) in [5, 5.41) is 5.32. The molecule has 0 bridgehead atoms. The van der Waals surface area contributed by atoms with Gasteiger partial charge in [-0.05, 0) is 41.1 Å². The molecule has 1 aliphatic rings. The minimum Gasteiger partial charge on any atom is -0.348 e. The number of carbonyl (C=O) groups is 1. The molecular weight excluding hydrogens is 331 g/mol. The van der Waals surface area contributed by atoms with Gasteiger partial charge in [0, 0.05) is 18.7 Å². The molecule has 2 N–H and O–H groups in total. The lowest BCUT2D eigenvalue weighted by molar-refractivity contribution is -0.145. The molecule has 0 unspecified atom stereocenters. The van der Waals surface area contributed by atoms with Crippen LogP contribution in [0.2, 0.25) is 0 Å². The quantitative estimate of drug-likeness (QED) is 0.881. The van der Waals surface area contributed by atoms with Crippen molar-refractivity contribution in [3.05, 3.63) is 28.5 Å². The van der Waals surface area contributed by atoms with E-state index in [4.69, 9.17) is 9.47 Å². The van der Waals surface area contributed by atoms with Crippen LogP contribution in [0.4, 0.5) is 14.9 Å². The molecule has 1 heterocycles. The SMILES string of the molecule is CC1(CCNC(=O)Nc2ccc(F)c(Br)c2)OCCO1. The summed E-state index contributed by atoms with van der Waals surface area (Å²) < 4.78 is 24.2. The van der Waals surface area contributed by atoms with Crippen LogP contribution in [0.1, 0.15) is 13.3 Å². The molecule has 1 aromatic carbocycles. The second kappa shape index (κ2) is 6.51. The van der Waals surface area contributed by atoms with Gasteiger partial charge in [0.25, 0.3) is 0 Å². The molecule has 7 heteroatoms. The Labute approximate surface area is 125 Å². The maximum absolute atomic E-state index is 13.1. The van der Waals surface area contributed by atoms with Crippen molar-refractivity contribution >= 4 is 27.6 Å². The Morgan fingerprint density at radius 2 is 2.15 bits per heavy atom. The second-order valence-corrected chi connectivity index (χ2v) is 5.44. The molecule has 1 saturated heterocycles. The fraction of sp³-hybridized carbons (Fsp3) is 0.462. The van der Waals surface area contributed by atoms with Crippen LogP contribution in [0, 0.1) is 5.82 Å². The standard InChI is InChI=1S/C13H16BrFN2O3/c1-13(19-6-7-20-13)4-5-16-12(18)17-9-2-3-11(15)10(14)8-9/h2-3,8H,4-7H2,1H3,(H2,16,17,18). The van der Waals surface area contributed by atoms with Gasteiger partial charge in [0.2, 0.25) is 0 Å². The number of carbonyl (C=O) groups excluding carboxylic acids is 1. The number of urea groups is 1. The van der Waals surface area contributed by atoms with Crippen molar-refractivity contribution < 1.29 is 18.7 Å². The van der Waals surface area contributed by atoms with E-state index >= 15 is 0 Å². The van der Waals surface area contributed by atoms with E-state index in [2.05, 4.69) is 26.6 Å². The number of benzene rings is 1. The van der Waals surface area contributed by atoms with Gasteiger partial charge in [-0.3, -0.25) is 0 Å². The Morgan fingerprint density at radius 3 is 2.80 bits per heavy atom. The van der Waals surface area contributed by atoms with Crippen LogP contribution in [0.5, 0.6) is 0 Å². The smallest absolute Gasteiger partial charge is 0.319 e. The number of amides is 2. The maximum atomic E-state index is 13.1. The first kappa shape index (κ1) is 15.2. The highest BCUT2D eigenvalue weighted by Gasteiger charge is 2.30. The van der Waals surface area contributed by atoms with E-state index in [1.807, 2.05) is 6.92 Å². The predicted octanol–water partition coefficient (Wildman–Crippen LogP) is 2.86. The van der Waals surface area contributed by atoms with Crippen molar-refractivity contribution in [3.8, 4) is 0 Å². The topological polar surface area (TPSA) is 59.6 Å². The molecule has 0 saturated carbocycles. The number of rotatable bonds is 4. The van der Waals surface area contributed by atoms with E-state index in [9.17, 15) is 9.18 Å².